The average molecular weight is 396 g/mol. The van der Waals surface area contributed by atoms with Crippen molar-refractivity contribution in [1.82, 2.24) is 10.6 Å². The third kappa shape index (κ3) is 6.04. The number of benzene rings is 2. The monoisotopic (exact) mass is 396 g/mol. The molecule has 0 aromatic heterocycles. The molecule has 3 rings (SSSR count). The van der Waals surface area contributed by atoms with E-state index < -0.39 is 12.0 Å². The maximum Gasteiger partial charge on any atom is 0.305 e. The van der Waals surface area contributed by atoms with E-state index in [1.165, 1.54) is 19.3 Å². The molecule has 1 aliphatic carbocycles. The van der Waals surface area contributed by atoms with Crippen LogP contribution in [0.1, 0.15) is 56.6 Å². The lowest BCUT2D eigenvalue weighted by Gasteiger charge is -2.21. The molecule has 0 aliphatic heterocycles. The molecule has 0 spiro atoms. The summed E-state index contributed by atoms with van der Waals surface area (Å²) in [5.74, 6) is -1.10. The Morgan fingerprint density at radius 2 is 1.69 bits per heavy atom. The van der Waals surface area contributed by atoms with Gasteiger partial charge in [0.15, 0.2) is 0 Å². The fourth-order valence-corrected chi connectivity index (χ4v) is 4.12. The summed E-state index contributed by atoms with van der Waals surface area (Å²) in [7, 11) is 0. The molecule has 1 fully saturated rings. The fraction of sp³-hybridized carbons (Fsp3) is 0.435. The number of aliphatic carboxylic acids is 1. The van der Waals surface area contributed by atoms with E-state index in [4.69, 9.17) is 0 Å². The topological polar surface area (TPSA) is 95.5 Å². The number of carbonyl (C=O) groups is 3. The summed E-state index contributed by atoms with van der Waals surface area (Å²) < 4.78 is 0. The minimum atomic E-state index is -0.996. The van der Waals surface area contributed by atoms with Crippen LogP contribution in [-0.4, -0.2) is 29.4 Å². The number of nitrogens with one attached hydrogen (secondary N) is 2. The predicted molar refractivity (Wildman–Crippen MR) is 111 cm³/mol. The number of fused-ring (bicyclic) bond motifs is 1. The molecule has 2 amide bonds. The van der Waals surface area contributed by atoms with Gasteiger partial charge in [-0.2, -0.15) is 0 Å². The van der Waals surface area contributed by atoms with Crippen molar-refractivity contribution >= 4 is 28.6 Å². The Labute approximate surface area is 170 Å². The predicted octanol–water partition coefficient (Wildman–Crippen LogP) is 3.56. The van der Waals surface area contributed by atoms with Gasteiger partial charge in [-0.05, 0) is 35.1 Å². The molecule has 6 heteroatoms. The summed E-state index contributed by atoms with van der Waals surface area (Å²) in [6.07, 6.45) is 5.94. The standard InChI is InChI=1S/C23H28N2O4/c26-21(13-16-7-2-1-3-8-16)24-15-22(27)25-20(14-23(28)29)19-12-6-10-17-9-4-5-11-18(17)19/h4-6,9-12,16,20H,1-3,7-8,13-15H2,(H,24,26)(H,25,27)(H,28,29)/t20-/m1/s1. The zero-order chi connectivity index (χ0) is 20.6. The lowest BCUT2D eigenvalue weighted by atomic mass is 9.87. The highest BCUT2D eigenvalue weighted by molar-refractivity contribution is 5.89. The molecule has 2 aromatic rings. The first-order valence-corrected chi connectivity index (χ1v) is 10.3. The van der Waals surface area contributed by atoms with E-state index in [0.717, 1.165) is 29.2 Å². The lowest BCUT2D eigenvalue weighted by molar-refractivity contribution is -0.138. The van der Waals surface area contributed by atoms with Crippen molar-refractivity contribution in [2.75, 3.05) is 6.54 Å². The largest absolute Gasteiger partial charge is 0.481 e. The second-order valence-corrected chi connectivity index (χ2v) is 7.77. The molecule has 2 aromatic carbocycles. The van der Waals surface area contributed by atoms with Crippen LogP contribution in [0.4, 0.5) is 0 Å². The summed E-state index contributed by atoms with van der Waals surface area (Å²) in [4.78, 5) is 35.9. The molecule has 1 aliphatic rings. The van der Waals surface area contributed by atoms with E-state index in [9.17, 15) is 19.5 Å². The zero-order valence-electron chi connectivity index (χ0n) is 16.5. The highest BCUT2D eigenvalue weighted by atomic mass is 16.4. The van der Waals surface area contributed by atoms with Crippen molar-refractivity contribution in [3.05, 3.63) is 48.0 Å². The van der Waals surface area contributed by atoms with E-state index in [2.05, 4.69) is 10.6 Å². The second kappa shape index (κ2) is 10.0. The molecule has 3 N–H and O–H groups in total. The number of rotatable bonds is 8. The smallest absolute Gasteiger partial charge is 0.305 e. The minimum Gasteiger partial charge on any atom is -0.481 e. The third-order valence-electron chi connectivity index (χ3n) is 5.56. The molecule has 0 saturated heterocycles. The first-order valence-electron chi connectivity index (χ1n) is 10.3. The first-order chi connectivity index (χ1) is 14.0. The maximum atomic E-state index is 12.4. The molecule has 6 nitrogen and oxygen atoms in total. The Kier molecular flexibility index (Phi) is 7.22. The van der Waals surface area contributed by atoms with Gasteiger partial charge in [0.1, 0.15) is 0 Å². The van der Waals surface area contributed by atoms with Gasteiger partial charge in [-0.25, -0.2) is 0 Å². The van der Waals surface area contributed by atoms with Gasteiger partial charge in [0, 0.05) is 6.42 Å². The summed E-state index contributed by atoms with van der Waals surface area (Å²) in [5, 5.41) is 16.7. The van der Waals surface area contributed by atoms with Gasteiger partial charge in [-0.3, -0.25) is 14.4 Å². The molecule has 29 heavy (non-hydrogen) atoms. The van der Waals surface area contributed by atoms with Gasteiger partial charge in [0.2, 0.25) is 11.8 Å². The van der Waals surface area contributed by atoms with E-state index in [0.29, 0.717) is 12.3 Å². The van der Waals surface area contributed by atoms with E-state index in [1.807, 2.05) is 42.5 Å². The van der Waals surface area contributed by atoms with Gasteiger partial charge in [-0.1, -0.05) is 61.7 Å². The van der Waals surface area contributed by atoms with E-state index in [-0.39, 0.29) is 24.8 Å². The molecular formula is C23H28N2O4. The number of hydrogen-bond acceptors (Lipinski definition) is 3. The van der Waals surface area contributed by atoms with Crippen molar-refractivity contribution < 1.29 is 19.5 Å². The SMILES string of the molecule is O=C(O)C[C@@H](NC(=O)CNC(=O)CC1CCCCC1)c1cccc2ccccc12. The molecule has 1 atom stereocenters. The van der Waals surface area contributed by atoms with Gasteiger partial charge < -0.3 is 15.7 Å². The van der Waals surface area contributed by atoms with Crippen molar-refractivity contribution in [2.45, 2.75) is 51.0 Å². The van der Waals surface area contributed by atoms with Crippen molar-refractivity contribution in [2.24, 2.45) is 5.92 Å². The van der Waals surface area contributed by atoms with Gasteiger partial charge in [-0.15, -0.1) is 0 Å². The minimum absolute atomic E-state index is 0.119. The Morgan fingerprint density at radius 3 is 2.45 bits per heavy atom. The lowest BCUT2D eigenvalue weighted by Crippen LogP contribution is -2.39. The first kappa shape index (κ1) is 20.8. The number of carboxylic acid groups (broad SMARTS) is 1. The summed E-state index contributed by atoms with van der Waals surface area (Å²) in [6, 6.07) is 12.6. The summed E-state index contributed by atoms with van der Waals surface area (Å²) >= 11 is 0. The van der Waals surface area contributed by atoms with Gasteiger partial charge >= 0.3 is 5.97 Å². The molecule has 0 heterocycles. The number of carbonyl (C=O) groups excluding carboxylic acids is 2. The highest BCUT2D eigenvalue weighted by Gasteiger charge is 2.21. The Bertz CT molecular complexity index is 869. The molecule has 0 unspecified atom stereocenters. The number of hydrogen-bond donors (Lipinski definition) is 3. The highest BCUT2D eigenvalue weighted by Crippen LogP contribution is 2.27. The van der Waals surface area contributed by atoms with Crippen LogP contribution in [0.5, 0.6) is 0 Å². The Balaban J connectivity index is 1.61. The summed E-state index contributed by atoms with van der Waals surface area (Å²) in [6.45, 7) is -0.146. The zero-order valence-corrected chi connectivity index (χ0v) is 16.5. The molecular weight excluding hydrogens is 368 g/mol. The maximum absolute atomic E-state index is 12.4. The van der Waals surface area contributed by atoms with Crippen LogP contribution in [0.3, 0.4) is 0 Å². The quantitative estimate of drug-likeness (QED) is 0.636. The molecule has 1 saturated carbocycles. The van der Waals surface area contributed by atoms with E-state index >= 15 is 0 Å². The van der Waals surface area contributed by atoms with Crippen LogP contribution in [0.25, 0.3) is 10.8 Å². The van der Waals surface area contributed by atoms with Crippen LogP contribution >= 0.6 is 0 Å². The fourth-order valence-electron chi connectivity index (χ4n) is 4.12. The third-order valence-corrected chi connectivity index (χ3v) is 5.56. The number of amides is 2. The second-order valence-electron chi connectivity index (χ2n) is 7.77. The Morgan fingerprint density at radius 1 is 0.966 bits per heavy atom. The molecule has 0 radical (unpaired) electrons. The van der Waals surface area contributed by atoms with Crippen molar-refractivity contribution in [1.29, 1.82) is 0 Å². The van der Waals surface area contributed by atoms with Crippen LogP contribution in [-0.2, 0) is 14.4 Å². The van der Waals surface area contributed by atoms with Crippen LogP contribution < -0.4 is 10.6 Å². The number of carboxylic acids is 1. The summed E-state index contributed by atoms with van der Waals surface area (Å²) in [5.41, 5.74) is 0.757. The normalized spacial score (nSPS) is 15.6. The Hall–Kier alpha value is -2.89. The average Bonchev–Trinajstić information content (AvgIpc) is 2.72. The van der Waals surface area contributed by atoms with Crippen molar-refractivity contribution in [3.8, 4) is 0 Å². The molecule has 154 valence electrons. The molecule has 0 bridgehead atoms. The van der Waals surface area contributed by atoms with Crippen molar-refractivity contribution in [3.63, 3.8) is 0 Å². The van der Waals surface area contributed by atoms with Gasteiger partial charge in [0.25, 0.3) is 0 Å². The van der Waals surface area contributed by atoms with Crippen LogP contribution in [0, 0.1) is 5.92 Å². The van der Waals surface area contributed by atoms with Crippen LogP contribution in [0.15, 0.2) is 42.5 Å². The van der Waals surface area contributed by atoms with Gasteiger partial charge in [0.05, 0.1) is 19.0 Å². The van der Waals surface area contributed by atoms with Crippen LogP contribution in [0.2, 0.25) is 0 Å². The van der Waals surface area contributed by atoms with E-state index in [1.54, 1.807) is 0 Å².